The second-order valence-electron chi connectivity index (χ2n) is 8.13. The normalized spacial score (nSPS) is 14.9. The van der Waals surface area contributed by atoms with E-state index in [4.69, 9.17) is 44.3 Å². The summed E-state index contributed by atoms with van der Waals surface area (Å²) in [5.74, 6) is -1.71. The molecule has 0 radical (unpaired) electrons. The number of ether oxygens (including phenoxy) is 2. The molecule has 3 aromatic carbocycles. The predicted molar refractivity (Wildman–Crippen MR) is 157 cm³/mol. The van der Waals surface area contributed by atoms with Crippen molar-refractivity contribution in [3.8, 4) is 11.8 Å². The summed E-state index contributed by atoms with van der Waals surface area (Å²) >= 11 is 19.9. The molecular weight excluding hydrogens is 595 g/mol. The highest BCUT2D eigenvalue weighted by molar-refractivity contribution is 8.18. The van der Waals surface area contributed by atoms with Crippen LogP contribution >= 0.6 is 46.6 Å². The summed E-state index contributed by atoms with van der Waals surface area (Å²) in [4.78, 5) is 29.8. The van der Waals surface area contributed by atoms with Crippen LogP contribution in [0.15, 0.2) is 81.9 Å². The highest BCUT2D eigenvalue weighted by Gasteiger charge is 2.34. The maximum atomic E-state index is 12.8. The average Bonchev–Trinajstić information content (AvgIpc) is 3.22. The van der Waals surface area contributed by atoms with Gasteiger partial charge in [-0.05, 0) is 48.9 Å². The Hall–Kier alpha value is -3.74. The Morgan fingerprint density at radius 2 is 1.73 bits per heavy atom. The van der Waals surface area contributed by atoms with E-state index < -0.39 is 17.6 Å². The maximum absolute atomic E-state index is 12.8. The van der Waals surface area contributed by atoms with E-state index in [0.29, 0.717) is 16.7 Å². The largest absolute Gasteiger partial charge is 0.506 e. The molecule has 0 aromatic heterocycles. The molecular formula is C29H19Cl3N2O5S. The van der Waals surface area contributed by atoms with Gasteiger partial charge in [-0.15, -0.1) is 0 Å². The Bertz CT molecular complexity index is 1620. The minimum atomic E-state index is -0.834. The monoisotopic (exact) mass is 612 g/mol. The van der Waals surface area contributed by atoms with Gasteiger partial charge in [0.25, 0.3) is 5.91 Å². The fraction of sp³-hybridized carbons (Fsp3) is 0.103. The molecule has 1 amide bonds. The van der Waals surface area contributed by atoms with Gasteiger partial charge in [0.2, 0.25) is 0 Å². The van der Waals surface area contributed by atoms with E-state index in [9.17, 15) is 20.0 Å². The van der Waals surface area contributed by atoms with Crippen molar-refractivity contribution in [3.05, 3.63) is 114 Å². The number of aliphatic imine (C=N–C) groups is 1. The van der Waals surface area contributed by atoms with Crippen LogP contribution in [-0.4, -0.2) is 28.6 Å². The van der Waals surface area contributed by atoms with Crippen molar-refractivity contribution < 1.29 is 24.2 Å². The maximum Gasteiger partial charge on any atom is 0.344 e. The van der Waals surface area contributed by atoms with Crippen molar-refractivity contribution >= 4 is 69.6 Å². The van der Waals surface area contributed by atoms with Crippen LogP contribution < -0.4 is 4.74 Å². The lowest BCUT2D eigenvalue weighted by molar-refractivity contribution is -0.138. The van der Waals surface area contributed by atoms with Gasteiger partial charge in [0.05, 0.1) is 43.8 Å². The molecule has 202 valence electrons. The standard InChI is InChI=1S/C29H19Cl3N2O5S/c1-2-38-29(37)24-25(35)23(40-28(24)34-27(36)19-9-5-6-10-20(19)30)13-16-11-21(31)26(22(32)12-16)39-15-18-8-4-3-7-17(18)14-33/h3-13,35H,2,15H2,1H3/b23-13-,34-28?. The molecule has 0 saturated heterocycles. The number of carbonyl (C=O) groups excluding carboxylic acids is 2. The number of nitrogens with zero attached hydrogens (tertiary/aromatic N) is 2. The number of halogens is 3. The number of thioether (sulfide) groups is 1. The van der Waals surface area contributed by atoms with Gasteiger partial charge in [0, 0.05) is 5.56 Å². The summed E-state index contributed by atoms with van der Waals surface area (Å²) in [6, 6.07) is 18.6. The zero-order valence-corrected chi connectivity index (χ0v) is 23.9. The van der Waals surface area contributed by atoms with Gasteiger partial charge in [0.15, 0.2) is 5.75 Å². The van der Waals surface area contributed by atoms with Crippen molar-refractivity contribution in [2.75, 3.05) is 6.61 Å². The topological polar surface area (TPSA) is 109 Å². The third kappa shape index (κ3) is 6.52. The first kappa shape index (κ1) is 29.2. The van der Waals surface area contributed by atoms with E-state index in [2.05, 4.69) is 11.1 Å². The zero-order chi connectivity index (χ0) is 28.8. The summed E-state index contributed by atoms with van der Waals surface area (Å²) in [6.45, 7) is 1.74. The number of amides is 1. The Labute approximate surface area is 249 Å². The van der Waals surface area contributed by atoms with Crippen LogP contribution in [0, 0.1) is 11.3 Å². The van der Waals surface area contributed by atoms with E-state index >= 15 is 0 Å². The number of hydrogen-bond donors (Lipinski definition) is 1. The van der Waals surface area contributed by atoms with Crippen LogP contribution in [0.2, 0.25) is 15.1 Å². The van der Waals surface area contributed by atoms with Crippen LogP contribution in [0.5, 0.6) is 5.75 Å². The van der Waals surface area contributed by atoms with Crippen LogP contribution in [-0.2, 0) is 16.1 Å². The third-order valence-electron chi connectivity index (χ3n) is 5.51. The highest BCUT2D eigenvalue weighted by Crippen LogP contribution is 2.41. The van der Waals surface area contributed by atoms with Gasteiger partial charge in [-0.25, -0.2) is 9.79 Å². The quantitative estimate of drug-likeness (QED) is 0.271. The van der Waals surface area contributed by atoms with Gasteiger partial charge in [0.1, 0.15) is 23.0 Å². The SMILES string of the molecule is CCOC(=O)C1=C(O)/C(=C/c2cc(Cl)c(OCc3ccccc3C#N)c(Cl)c2)SC1=NC(=O)c1ccccc1Cl. The van der Waals surface area contributed by atoms with Crippen LogP contribution in [0.25, 0.3) is 6.08 Å². The van der Waals surface area contributed by atoms with Crippen molar-refractivity contribution in [1.29, 1.82) is 5.26 Å². The molecule has 4 rings (SSSR count). The Kier molecular flexibility index (Phi) is 9.56. The molecule has 11 heteroatoms. The van der Waals surface area contributed by atoms with Crippen LogP contribution in [0.3, 0.4) is 0 Å². The van der Waals surface area contributed by atoms with Gasteiger partial charge in [-0.2, -0.15) is 5.26 Å². The van der Waals surface area contributed by atoms with E-state index in [-0.39, 0.29) is 55.1 Å². The van der Waals surface area contributed by atoms with Crippen molar-refractivity contribution in [3.63, 3.8) is 0 Å². The van der Waals surface area contributed by atoms with Crippen molar-refractivity contribution in [1.82, 2.24) is 0 Å². The minimum Gasteiger partial charge on any atom is -0.506 e. The summed E-state index contributed by atoms with van der Waals surface area (Å²) in [5, 5.41) is 20.7. The minimum absolute atomic E-state index is 0.0413. The molecule has 7 nitrogen and oxygen atoms in total. The zero-order valence-electron chi connectivity index (χ0n) is 20.8. The second kappa shape index (κ2) is 13.1. The molecule has 0 saturated carbocycles. The summed E-state index contributed by atoms with van der Waals surface area (Å²) in [6.07, 6.45) is 1.54. The molecule has 0 atom stereocenters. The lowest BCUT2D eigenvalue weighted by atomic mass is 10.1. The third-order valence-corrected chi connectivity index (χ3v) is 7.42. The number of rotatable bonds is 7. The second-order valence-corrected chi connectivity index (χ2v) is 10.4. The van der Waals surface area contributed by atoms with Crippen LogP contribution in [0.1, 0.15) is 34.0 Å². The van der Waals surface area contributed by atoms with E-state index in [1.165, 1.54) is 12.1 Å². The van der Waals surface area contributed by atoms with Gasteiger partial charge < -0.3 is 14.6 Å². The number of esters is 1. The van der Waals surface area contributed by atoms with Gasteiger partial charge in [-0.1, -0.05) is 76.9 Å². The molecule has 0 aliphatic carbocycles. The molecule has 0 bridgehead atoms. The van der Waals surface area contributed by atoms with Crippen LogP contribution in [0.4, 0.5) is 0 Å². The van der Waals surface area contributed by atoms with Crippen molar-refractivity contribution in [2.24, 2.45) is 4.99 Å². The number of carbonyl (C=O) groups is 2. The van der Waals surface area contributed by atoms with E-state index in [1.54, 1.807) is 61.5 Å². The molecule has 0 fully saturated rings. The number of nitriles is 1. The number of hydrogen-bond acceptors (Lipinski definition) is 7. The first-order chi connectivity index (χ1) is 19.2. The fourth-order valence-electron chi connectivity index (χ4n) is 3.64. The van der Waals surface area contributed by atoms with E-state index in [1.807, 2.05) is 0 Å². The number of aliphatic hydroxyl groups excluding tert-OH is 1. The average molecular weight is 614 g/mol. The molecule has 0 unspecified atom stereocenters. The Balaban J connectivity index is 1.65. The first-order valence-corrected chi connectivity index (χ1v) is 13.7. The van der Waals surface area contributed by atoms with Gasteiger partial charge >= 0.3 is 5.97 Å². The summed E-state index contributed by atoms with van der Waals surface area (Å²) < 4.78 is 10.9. The van der Waals surface area contributed by atoms with Gasteiger partial charge in [-0.3, -0.25) is 4.79 Å². The number of aliphatic hydroxyl groups is 1. The molecule has 3 aromatic rings. The fourth-order valence-corrected chi connectivity index (χ4v) is 5.48. The molecule has 0 spiro atoms. The highest BCUT2D eigenvalue weighted by atomic mass is 35.5. The molecule has 1 aliphatic heterocycles. The van der Waals surface area contributed by atoms with Crippen molar-refractivity contribution in [2.45, 2.75) is 13.5 Å². The predicted octanol–water partition coefficient (Wildman–Crippen LogP) is 7.80. The molecule has 40 heavy (non-hydrogen) atoms. The lowest BCUT2D eigenvalue weighted by Gasteiger charge is -2.12. The smallest absolute Gasteiger partial charge is 0.344 e. The lowest BCUT2D eigenvalue weighted by Crippen LogP contribution is -2.14. The molecule has 1 aliphatic rings. The molecule has 1 N–H and O–H groups in total. The first-order valence-electron chi connectivity index (χ1n) is 11.7. The summed E-state index contributed by atoms with van der Waals surface area (Å²) in [7, 11) is 0. The molecule has 1 heterocycles. The Morgan fingerprint density at radius 3 is 2.40 bits per heavy atom. The number of benzene rings is 3. The Morgan fingerprint density at radius 1 is 1.05 bits per heavy atom. The van der Waals surface area contributed by atoms with E-state index in [0.717, 1.165) is 11.8 Å². The summed E-state index contributed by atoms with van der Waals surface area (Å²) in [5.41, 5.74) is 1.52.